The molecule has 3 rings (SSSR count). The maximum atomic E-state index is 12.1. The van der Waals surface area contributed by atoms with Crippen LogP contribution < -0.4 is 19.1 Å². The van der Waals surface area contributed by atoms with E-state index in [2.05, 4.69) is 49.1 Å². The maximum Gasteiger partial charge on any atom is 0.349 e. The van der Waals surface area contributed by atoms with E-state index in [1.807, 2.05) is 36.4 Å². The van der Waals surface area contributed by atoms with Crippen LogP contribution in [0.1, 0.15) is 43.9 Å². The number of carbonyl (C=O) groups excluding carboxylic acids is 1. The lowest BCUT2D eigenvalue weighted by Gasteiger charge is -2.26. The molecular formula is C32H41NO5. The van der Waals surface area contributed by atoms with E-state index in [9.17, 15) is 4.79 Å². The molecule has 0 aliphatic rings. The second-order valence-electron chi connectivity index (χ2n) is 9.94. The highest BCUT2D eigenvalue weighted by molar-refractivity contribution is 5.79. The number of esters is 1. The number of rotatable bonds is 14. The molecule has 0 heterocycles. The second kappa shape index (κ2) is 13.8. The summed E-state index contributed by atoms with van der Waals surface area (Å²) in [5.74, 6) is 1.94. The molecule has 0 saturated carbocycles. The van der Waals surface area contributed by atoms with Gasteiger partial charge in [0.15, 0.2) is 5.60 Å². The zero-order valence-corrected chi connectivity index (χ0v) is 23.6. The van der Waals surface area contributed by atoms with Gasteiger partial charge < -0.3 is 23.8 Å². The minimum Gasteiger partial charge on any atom is -0.497 e. The van der Waals surface area contributed by atoms with Crippen LogP contribution >= 0.6 is 0 Å². The first-order valence-electron chi connectivity index (χ1n) is 13.3. The molecule has 204 valence electrons. The van der Waals surface area contributed by atoms with Crippen molar-refractivity contribution in [1.82, 2.24) is 0 Å². The van der Waals surface area contributed by atoms with E-state index >= 15 is 0 Å². The Kier molecular flexibility index (Phi) is 10.5. The van der Waals surface area contributed by atoms with Crippen LogP contribution in [0.4, 0.5) is 5.69 Å². The number of methoxy groups -OCH3 is 1. The first-order valence-corrected chi connectivity index (χ1v) is 13.3. The van der Waals surface area contributed by atoms with Crippen molar-refractivity contribution in [3.63, 3.8) is 0 Å². The third-order valence-corrected chi connectivity index (χ3v) is 6.21. The van der Waals surface area contributed by atoms with Crippen LogP contribution in [0.3, 0.4) is 0 Å². The van der Waals surface area contributed by atoms with E-state index in [1.54, 1.807) is 27.9 Å². The van der Waals surface area contributed by atoms with Gasteiger partial charge in [0.2, 0.25) is 0 Å². The topological polar surface area (TPSA) is 57.2 Å². The van der Waals surface area contributed by atoms with Gasteiger partial charge in [0.25, 0.3) is 0 Å². The number of anilines is 1. The fourth-order valence-electron chi connectivity index (χ4n) is 4.25. The molecule has 6 nitrogen and oxygen atoms in total. The zero-order valence-electron chi connectivity index (χ0n) is 23.6. The van der Waals surface area contributed by atoms with Gasteiger partial charge in [-0.3, -0.25) is 0 Å². The van der Waals surface area contributed by atoms with E-state index in [0.29, 0.717) is 19.0 Å². The van der Waals surface area contributed by atoms with Crippen molar-refractivity contribution in [2.45, 2.75) is 53.1 Å². The summed E-state index contributed by atoms with van der Waals surface area (Å²) in [4.78, 5) is 14.6. The maximum absolute atomic E-state index is 12.1. The largest absolute Gasteiger partial charge is 0.497 e. The quantitative estimate of drug-likeness (QED) is 0.178. The van der Waals surface area contributed by atoms with Gasteiger partial charge in [-0.1, -0.05) is 18.2 Å². The Morgan fingerprint density at radius 3 is 2.05 bits per heavy atom. The van der Waals surface area contributed by atoms with Crippen molar-refractivity contribution in [2.75, 3.05) is 38.3 Å². The first-order chi connectivity index (χ1) is 18.2. The monoisotopic (exact) mass is 519 g/mol. The molecule has 38 heavy (non-hydrogen) atoms. The molecule has 0 unspecified atom stereocenters. The summed E-state index contributed by atoms with van der Waals surface area (Å²) in [6.45, 7) is 12.2. The summed E-state index contributed by atoms with van der Waals surface area (Å²) in [7, 11) is 1.66. The van der Waals surface area contributed by atoms with Crippen LogP contribution in [0, 0.1) is 13.8 Å². The molecule has 0 spiro atoms. The highest BCUT2D eigenvalue weighted by Crippen LogP contribution is 2.23. The molecule has 0 aromatic heterocycles. The standard InChI is InChI=1S/C32H41NO5/c1-7-36-31(34)32(4,5)38-30-11-9-26(10-12-30)17-19-33(27-22-24(2)21-25(3)23-27)18-8-20-37-29-15-13-28(35-6)14-16-29/h9-16,21-23H,7-8,17-20H2,1-6H3. The highest BCUT2D eigenvalue weighted by atomic mass is 16.6. The molecule has 0 radical (unpaired) electrons. The molecule has 0 bridgehead atoms. The third kappa shape index (κ3) is 8.72. The number of hydrogen-bond acceptors (Lipinski definition) is 6. The van der Waals surface area contributed by atoms with Gasteiger partial charge in [0.05, 0.1) is 20.3 Å². The lowest BCUT2D eigenvalue weighted by molar-refractivity contribution is -0.158. The van der Waals surface area contributed by atoms with Crippen LogP contribution in [0.5, 0.6) is 17.2 Å². The van der Waals surface area contributed by atoms with Crippen LogP contribution in [0.2, 0.25) is 0 Å². The average molecular weight is 520 g/mol. The second-order valence-corrected chi connectivity index (χ2v) is 9.94. The Morgan fingerprint density at radius 1 is 0.842 bits per heavy atom. The molecule has 3 aromatic carbocycles. The molecular weight excluding hydrogens is 478 g/mol. The van der Waals surface area contributed by atoms with Crippen molar-refractivity contribution in [3.8, 4) is 17.2 Å². The summed E-state index contributed by atoms with van der Waals surface area (Å²) in [6.07, 6.45) is 1.78. The van der Waals surface area contributed by atoms with Crippen LogP contribution in [0.15, 0.2) is 66.7 Å². The SMILES string of the molecule is CCOC(=O)C(C)(C)Oc1ccc(CCN(CCCOc2ccc(OC)cc2)c2cc(C)cc(C)c2)cc1. The molecule has 0 saturated heterocycles. The third-order valence-electron chi connectivity index (χ3n) is 6.21. The zero-order chi connectivity index (χ0) is 27.5. The Bertz CT molecular complexity index is 1140. The normalized spacial score (nSPS) is 11.1. The predicted molar refractivity (Wildman–Crippen MR) is 153 cm³/mol. The fraction of sp³-hybridized carbons (Fsp3) is 0.406. The lowest BCUT2D eigenvalue weighted by atomic mass is 10.1. The Labute approximate surface area is 227 Å². The Hall–Kier alpha value is -3.67. The number of ether oxygens (including phenoxy) is 4. The molecule has 6 heteroatoms. The van der Waals surface area contributed by atoms with Crippen molar-refractivity contribution < 1.29 is 23.7 Å². The number of benzene rings is 3. The Morgan fingerprint density at radius 2 is 1.45 bits per heavy atom. The fourth-order valence-corrected chi connectivity index (χ4v) is 4.25. The number of nitrogens with zero attached hydrogens (tertiary/aromatic N) is 1. The summed E-state index contributed by atoms with van der Waals surface area (Å²) in [6, 6.07) is 22.3. The van der Waals surface area contributed by atoms with Gasteiger partial charge >= 0.3 is 5.97 Å². The van der Waals surface area contributed by atoms with Gasteiger partial charge in [-0.05, 0) is 113 Å². The van der Waals surface area contributed by atoms with Gasteiger partial charge in [-0.2, -0.15) is 0 Å². The molecule has 3 aromatic rings. The molecule has 0 N–H and O–H groups in total. The summed E-state index contributed by atoms with van der Waals surface area (Å²) < 4.78 is 22.2. The van der Waals surface area contributed by atoms with E-state index in [1.165, 1.54) is 22.4 Å². The van der Waals surface area contributed by atoms with Gasteiger partial charge in [0.1, 0.15) is 17.2 Å². The predicted octanol–water partition coefficient (Wildman–Crippen LogP) is 6.55. The van der Waals surface area contributed by atoms with E-state index in [-0.39, 0.29) is 5.97 Å². The minimum absolute atomic E-state index is 0.329. The van der Waals surface area contributed by atoms with E-state index in [4.69, 9.17) is 18.9 Å². The number of hydrogen-bond donors (Lipinski definition) is 0. The molecule has 0 aliphatic heterocycles. The summed E-state index contributed by atoms with van der Waals surface area (Å²) >= 11 is 0. The van der Waals surface area contributed by atoms with Crippen molar-refractivity contribution in [2.24, 2.45) is 0 Å². The Balaban J connectivity index is 1.60. The smallest absolute Gasteiger partial charge is 0.349 e. The molecule has 0 fully saturated rings. The van der Waals surface area contributed by atoms with Crippen molar-refractivity contribution >= 4 is 11.7 Å². The van der Waals surface area contributed by atoms with Crippen molar-refractivity contribution in [1.29, 1.82) is 0 Å². The highest BCUT2D eigenvalue weighted by Gasteiger charge is 2.31. The van der Waals surface area contributed by atoms with E-state index in [0.717, 1.165) is 37.4 Å². The summed E-state index contributed by atoms with van der Waals surface area (Å²) in [5, 5.41) is 0. The molecule has 0 amide bonds. The van der Waals surface area contributed by atoms with Crippen LogP contribution in [0.25, 0.3) is 0 Å². The molecule has 0 atom stereocenters. The lowest BCUT2D eigenvalue weighted by Crippen LogP contribution is -2.39. The first kappa shape index (κ1) is 28.9. The minimum atomic E-state index is -1.04. The van der Waals surface area contributed by atoms with Crippen LogP contribution in [-0.2, 0) is 16.0 Å². The van der Waals surface area contributed by atoms with Gasteiger partial charge in [0, 0.05) is 18.8 Å². The van der Waals surface area contributed by atoms with Gasteiger partial charge in [-0.25, -0.2) is 4.79 Å². The number of carbonyl (C=O) groups is 1. The average Bonchev–Trinajstić information content (AvgIpc) is 2.89. The number of aryl methyl sites for hydroxylation is 2. The van der Waals surface area contributed by atoms with Gasteiger partial charge in [-0.15, -0.1) is 0 Å². The summed E-state index contributed by atoms with van der Waals surface area (Å²) in [5.41, 5.74) is 3.90. The van der Waals surface area contributed by atoms with Crippen molar-refractivity contribution in [3.05, 3.63) is 83.4 Å². The van der Waals surface area contributed by atoms with Crippen LogP contribution in [-0.4, -0.2) is 45.0 Å². The van der Waals surface area contributed by atoms with E-state index < -0.39 is 5.60 Å². The molecule has 0 aliphatic carbocycles.